The smallest absolute Gasteiger partial charge is 0.185 e. The fourth-order valence-corrected chi connectivity index (χ4v) is 3.29. The molecule has 0 radical (unpaired) electrons. The lowest BCUT2D eigenvalue weighted by atomic mass is 10.1. The van der Waals surface area contributed by atoms with Crippen LogP contribution < -0.4 is 4.74 Å². The Hall–Kier alpha value is -2.66. The largest absolute Gasteiger partial charge is 0.496 e. The van der Waals surface area contributed by atoms with Crippen molar-refractivity contribution in [2.24, 2.45) is 0 Å². The second-order valence-corrected chi connectivity index (χ2v) is 7.57. The zero-order chi connectivity index (χ0) is 20.3. The summed E-state index contributed by atoms with van der Waals surface area (Å²) >= 11 is 3.57. The molecule has 4 nitrogen and oxygen atoms in total. The zero-order valence-electron chi connectivity index (χ0n) is 16.5. The van der Waals surface area contributed by atoms with Gasteiger partial charge < -0.3 is 4.74 Å². The van der Waals surface area contributed by atoms with Gasteiger partial charge in [-0.3, -0.25) is 9.48 Å². The van der Waals surface area contributed by atoms with E-state index in [1.807, 2.05) is 74.0 Å². The number of carbonyl (C=O) groups is 1. The minimum absolute atomic E-state index is 0.0140. The van der Waals surface area contributed by atoms with Gasteiger partial charge in [-0.25, -0.2) is 0 Å². The molecule has 0 saturated heterocycles. The van der Waals surface area contributed by atoms with E-state index >= 15 is 0 Å². The van der Waals surface area contributed by atoms with E-state index in [0.717, 1.165) is 38.3 Å². The van der Waals surface area contributed by atoms with Crippen molar-refractivity contribution in [2.75, 3.05) is 7.11 Å². The fraction of sp³-hybridized carbons (Fsp3) is 0.217. The maximum Gasteiger partial charge on any atom is 0.185 e. The molecule has 0 aliphatic rings. The Morgan fingerprint density at radius 3 is 2.46 bits per heavy atom. The molecule has 0 aliphatic heterocycles. The lowest BCUT2D eigenvalue weighted by molar-refractivity contribution is 0.104. The van der Waals surface area contributed by atoms with E-state index in [-0.39, 0.29) is 5.78 Å². The minimum Gasteiger partial charge on any atom is -0.496 e. The van der Waals surface area contributed by atoms with Gasteiger partial charge in [0.1, 0.15) is 5.75 Å². The van der Waals surface area contributed by atoms with Gasteiger partial charge in [-0.05, 0) is 60.5 Å². The number of methoxy groups -OCH3 is 1. The van der Waals surface area contributed by atoms with E-state index in [4.69, 9.17) is 4.74 Å². The average Bonchev–Trinajstić information content (AvgIpc) is 2.93. The molecule has 144 valence electrons. The van der Waals surface area contributed by atoms with Crippen LogP contribution in [0.2, 0.25) is 0 Å². The zero-order valence-corrected chi connectivity index (χ0v) is 18.1. The van der Waals surface area contributed by atoms with Gasteiger partial charge in [0, 0.05) is 11.1 Å². The highest BCUT2D eigenvalue weighted by Crippen LogP contribution is 2.25. The quantitative estimate of drug-likeness (QED) is 0.375. The molecule has 3 aromatic rings. The molecule has 0 aliphatic carbocycles. The molecule has 0 saturated carbocycles. The second kappa shape index (κ2) is 8.57. The van der Waals surface area contributed by atoms with Crippen molar-refractivity contribution in [1.29, 1.82) is 0 Å². The van der Waals surface area contributed by atoms with Crippen LogP contribution in [0.25, 0.3) is 6.08 Å². The number of ether oxygens (including phenoxy) is 1. The molecule has 0 bridgehead atoms. The average molecular weight is 439 g/mol. The van der Waals surface area contributed by atoms with E-state index in [1.54, 1.807) is 13.2 Å². The molecular formula is C23H23BrN2O2. The third-order valence-corrected chi connectivity index (χ3v) is 5.83. The summed E-state index contributed by atoms with van der Waals surface area (Å²) in [6, 6.07) is 13.5. The molecule has 0 spiro atoms. The number of hydrogen-bond donors (Lipinski definition) is 0. The molecule has 5 heteroatoms. The van der Waals surface area contributed by atoms with Gasteiger partial charge in [0.05, 0.1) is 29.5 Å². The topological polar surface area (TPSA) is 44.1 Å². The predicted octanol–water partition coefficient (Wildman–Crippen LogP) is 5.52. The van der Waals surface area contributed by atoms with Crippen molar-refractivity contribution in [3.05, 3.63) is 86.7 Å². The summed E-state index contributed by atoms with van der Waals surface area (Å²) in [5.74, 6) is 0.783. The van der Waals surface area contributed by atoms with Crippen molar-refractivity contribution in [2.45, 2.75) is 27.3 Å². The highest BCUT2D eigenvalue weighted by Gasteiger charge is 2.12. The third-order valence-electron chi connectivity index (χ3n) is 4.68. The maximum atomic E-state index is 12.4. The number of allylic oxidation sites excluding steroid dienone is 1. The molecule has 0 amide bonds. The molecule has 1 heterocycles. The van der Waals surface area contributed by atoms with E-state index in [1.165, 1.54) is 0 Å². The van der Waals surface area contributed by atoms with Crippen molar-refractivity contribution < 1.29 is 9.53 Å². The van der Waals surface area contributed by atoms with Crippen LogP contribution in [0.1, 0.15) is 38.4 Å². The number of rotatable bonds is 6. The maximum absolute atomic E-state index is 12.4. The molecule has 2 aromatic carbocycles. The first kappa shape index (κ1) is 20.1. The van der Waals surface area contributed by atoms with Gasteiger partial charge in [0.2, 0.25) is 0 Å². The predicted molar refractivity (Wildman–Crippen MR) is 116 cm³/mol. The summed E-state index contributed by atoms with van der Waals surface area (Å²) in [5, 5.41) is 4.57. The standard InChI is InChI=1S/C23H23BrN2O2/c1-15-5-9-19(10-6-15)21(27)11-7-18-8-12-22(28-4)20(13-18)14-26-17(3)23(24)16(2)25-26/h5-13H,14H2,1-4H3/b11-7+. The van der Waals surface area contributed by atoms with Crippen molar-refractivity contribution in [3.63, 3.8) is 0 Å². The molecule has 0 atom stereocenters. The van der Waals surface area contributed by atoms with E-state index < -0.39 is 0 Å². The Morgan fingerprint density at radius 2 is 1.86 bits per heavy atom. The molecular weight excluding hydrogens is 416 g/mol. The number of aromatic nitrogens is 2. The highest BCUT2D eigenvalue weighted by atomic mass is 79.9. The summed E-state index contributed by atoms with van der Waals surface area (Å²) in [6.07, 6.45) is 3.44. The Kier molecular flexibility index (Phi) is 6.15. The van der Waals surface area contributed by atoms with Crippen LogP contribution in [0.3, 0.4) is 0 Å². The SMILES string of the molecule is COc1ccc(/C=C/C(=O)c2ccc(C)cc2)cc1Cn1nc(C)c(Br)c1C. The number of ketones is 1. The van der Waals surface area contributed by atoms with E-state index in [2.05, 4.69) is 21.0 Å². The molecule has 0 N–H and O–H groups in total. The number of nitrogens with zero attached hydrogens (tertiary/aromatic N) is 2. The Bertz CT molecular complexity index is 1030. The first-order valence-electron chi connectivity index (χ1n) is 9.04. The number of carbonyl (C=O) groups excluding carboxylic acids is 1. The van der Waals surface area contributed by atoms with Crippen LogP contribution in [0, 0.1) is 20.8 Å². The minimum atomic E-state index is -0.0140. The number of benzene rings is 2. The fourth-order valence-electron chi connectivity index (χ4n) is 3.00. The van der Waals surface area contributed by atoms with Gasteiger partial charge in [-0.2, -0.15) is 5.10 Å². The lowest BCUT2D eigenvalue weighted by Gasteiger charge is -2.11. The molecule has 0 fully saturated rings. The first-order chi connectivity index (χ1) is 13.4. The van der Waals surface area contributed by atoms with Crippen molar-refractivity contribution >= 4 is 27.8 Å². The Labute approximate surface area is 174 Å². The van der Waals surface area contributed by atoms with E-state index in [9.17, 15) is 4.79 Å². The second-order valence-electron chi connectivity index (χ2n) is 6.78. The third kappa shape index (κ3) is 4.42. The van der Waals surface area contributed by atoms with Crippen LogP contribution >= 0.6 is 15.9 Å². The Balaban J connectivity index is 1.84. The van der Waals surface area contributed by atoms with Crippen LogP contribution in [-0.4, -0.2) is 22.7 Å². The number of hydrogen-bond acceptors (Lipinski definition) is 3. The van der Waals surface area contributed by atoms with Gasteiger partial charge in [-0.1, -0.05) is 42.0 Å². The van der Waals surface area contributed by atoms with Crippen LogP contribution in [0.4, 0.5) is 0 Å². The molecule has 28 heavy (non-hydrogen) atoms. The van der Waals surface area contributed by atoms with E-state index in [0.29, 0.717) is 12.1 Å². The van der Waals surface area contributed by atoms with Crippen molar-refractivity contribution in [1.82, 2.24) is 9.78 Å². The van der Waals surface area contributed by atoms with Gasteiger partial charge >= 0.3 is 0 Å². The van der Waals surface area contributed by atoms with Crippen LogP contribution in [-0.2, 0) is 6.54 Å². The Morgan fingerprint density at radius 1 is 1.14 bits per heavy atom. The normalized spacial score (nSPS) is 11.2. The lowest BCUT2D eigenvalue weighted by Crippen LogP contribution is -2.06. The molecule has 3 rings (SSSR count). The van der Waals surface area contributed by atoms with Gasteiger partial charge in [-0.15, -0.1) is 0 Å². The molecule has 0 unspecified atom stereocenters. The van der Waals surface area contributed by atoms with Gasteiger partial charge in [0.25, 0.3) is 0 Å². The number of aryl methyl sites for hydroxylation is 2. The van der Waals surface area contributed by atoms with Crippen molar-refractivity contribution in [3.8, 4) is 5.75 Å². The summed E-state index contributed by atoms with van der Waals surface area (Å²) in [5.41, 5.74) is 5.79. The van der Waals surface area contributed by atoms with Crippen LogP contribution in [0.5, 0.6) is 5.75 Å². The summed E-state index contributed by atoms with van der Waals surface area (Å²) < 4.78 is 8.48. The first-order valence-corrected chi connectivity index (χ1v) is 9.84. The molecule has 1 aromatic heterocycles. The monoisotopic (exact) mass is 438 g/mol. The summed E-state index contributed by atoms with van der Waals surface area (Å²) in [4.78, 5) is 12.4. The highest BCUT2D eigenvalue weighted by molar-refractivity contribution is 9.10. The summed E-state index contributed by atoms with van der Waals surface area (Å²) in [6.45, 7) is 6.60. The summed E-state index contributed by atoms with van der Waals surface area (Å²) in [7, 11) is 1.66. The van der Waals surface area contributed by atoms with Crippen LogP contribution in [0.15, 0.2) is 53.0 Å². The number of halogens is 1. The van der Waals surface area contributed by atoms with Gasteiger partial charge in [0.15, 0.2) is 5.78 Å².